The molecule has 0 saturated carbocycles. The summed E-state index contributed by atoms with van der Waals surface area (Å²) >= 11 is 0. The lowest BCUT2D eigenvalue weighted by atomic mass is 10.1. The predicted octanol–water partition coefficient (Wildman–Crippen LogP) is 3.33. The molecule has 0 heterocycles. The molecule has 2 aromatic carbocycles. The molecule has 2 nitrogen and oxygen atoms in total. The van der Waals surface area contributed by atoms with Crippen molar-refractivity contribution in [2.24, 2.45) is 0 Å². The van der Waals surface area contributed by atoms with Gasteiger partial charge in [-0.1, -0.05) is 24.3 Å². The summed E-state index contributed by atoms with van der Waals surface area (Å²) in [4.78, 5) is 0. The number of anilines is 2. The quantitative estimate of drug-likeness (QED) is 0.794. The molecule has 0 bridgehead atoms. The zero-order chi connectivity index (χ0) is 12.3. The van der Waals surface area contributed by atoms with Gasteiger partial charge in [0.25, 0.3) is 0 Å². The standard InChI is InChI=1S/C14H15FN2/c1-10-4-2-3-5-11(10)9-17-14-7-12(15)6-13(16)8-14/h2-8,17H,9,16H2,1H3. The first-order valence-corrected chi connectivity index (χ1v) is 5.49. The summed E-state index contributed by atoms with van der Waals surface area (Å²) in [5.74, 6) is -0.322. The van der Waals surface area contributed by atoms with Gasteiger partial charge in [-0.2, -0.15) is 0 Å². The molecule has 0 radical (unpaired) electrons. The van der Waals surface area contributed by atoms with E-state index in [1.165, 1.54) is 23.3 Å². The summed E-state index contributed by atoms with van der Waals surface area (Å²) in [6.45, 7) is 2.71. The van der Waals surface area contributed by atoms with Gasteiger partial charge in [-0.3, -0.25) is 0 Å². The SMILES string of the molecule is Cc1ccccc1CNc1cc(N)cc(F)c1. The zero-order valence-corrected chi connectivity index (χ0v) is 9.70. The van der Waals surface area contributed by atoms with Gasteiger partial charge in [0.05, 0.1) is 0 Å². The third-order valence-electron chi connectivity index (χ3n) is 2.66. The molecule has 88 valence electrons. The van der Waals surface area contributed by atoms with Crippen molar-refractivity contribution >= 4 is 11.4 Å². The van der Waals surface area contributed by atoms with E-state index in [0.29, 0.717) is 17.9 Å². The van der Waals surface area contributed by atoms with Crippen LogP contribution < -0.4 is 11.1 Å². The molecule has 0 amide bonds. The van der Waals surface area contributed by atoms with Gasteiger partial charge in [0.2, 0.25) is 0 Å². The lowest BCUT2D eigenvalue weighted by Gasteiger charge is -2.09. The fourth-order valence-corrected chi connectivity index (χ4v) is 1.72. The highest BCUT2D eigenvalue weighted by atomic mass is 19.1. The van der Waals surface area contributed by atoms with E-state index < -0.39 is 0 Å². The van der Waals surface area contributed by atoms with Crippen LogP contribution in [0.4, 0.5) is 15.8 Å². The average molecular weight is 230 g/mol. The van der Waals surface area contributed by atoms with Crippen LogP contribution in [0.2, 0.25) is 0 Å². The first-order chi connectivity index (χ1) is 8.15. The average Bonchev–Trinajstić information content (AvgIpc) is 2.27. The molecular formula is C14H15FN2. The molecule has 0 aliphatic rings. The van der Waals surface area contributed by atoms with Crippen molar-refractivity contribution in [2.45, 2.75) is 13.5 Å². The molecule has 17 heavy (non-hydrogen) atoms. The summed E-state index contributed by atoms with van der Waals surface area (Å²) in [5, 5.41) is 3.16. The molecule has 0 atom stereocenters. The Morgan fingerprint density at radius 1 is 1.18 bits per heavy atom. The van der Waals surface area contributed by atoms with Crippen LogP contribution in [0, 0.1) is 12.7 Å². The van der Waals surface area contributed by atoms with Crippen LogP contribution in [0.3, 0.4) is 0 Å². The van der Waals surface area contributed by atoms with Crippen LogP contribution in [-0.2, 0) is 6.54 Å². The lowest BCUT2D eigenvalue weighted by Crippen LogP contribution is -2.02. The van der Waals surface area contributed by atoms with E-state index in [9.17, 15) is 4.39 Å². The van der Waals surface area contributed by atoms with Gasteiger partial charge >= 0.3 is 0 Å². The maximum absolute atomic E-state index is 13.1. The summed E-state index contributed by atoms with van der Waals surface area (Å²) in [6.07, 6.45) is 0. The molecular weight excluding hydrogens is 215 g/mol. The highest BCUT2D eigenvalue weighted by Gasteiger charge is 2.00. The molecule has 0 saturated heterocycles. The molecule has 0 unspecified atom stereocenters. The first-order valence-electron chi connectivity index (χ1n) is 5.49. The van der Waals surface area contributed by atoms with Crippen molar-refractivity contribution in [3.05, 3.63) is 59.4 Å². The van der Waals surface area contributed by atoms with Crippen molar-refractivity contribution in [3.63, 3.8) is 0 Å². The maximum atomic E-state index is 13.1. The third-order valence-corrected chi connectivity index (χ3v) is 2.66. The number of hydrogen-bond acceptors (Lipinski definition) is 2. The van der Waals surface area contributed by atoms with Crippen LogP contribution >= 0.6 is 0 Å². The highest BCUT2D eigenvalue weighted by molar-refractivity contribution is 5.55. The smallest absolute Gasteiger partial charge is 0.127 e. The van der Waals surface area contributed by atoms with Crippen molar-refractivity contribution in [1.29, 1.82) is 0 Å². The van der Waals surface area contributed by atoms with E-state index in [1.54, 1.807) is 6.07 Å². The Bertz CT molecular complexity index is 503. The van der Waals surface area contributed by atoms with Gasteiger partial charge in [-0.05, 0) is 36.2 Å². The van der Waals surface area contributed by atoms with Crippen molar-refractivity contribution < 1.29 is 4.39 Å². The molecule has 2 rings (SSSR count). The summed E-state index contributed by atoms with van der Waals surface area (Å²) < 4.78 is 13.1. The van der Waals surface area contributed by atoms with E-state index in [0.717, 1.165) is 0 Å². The highest BCUT2D eigenvalue weighted by Crippen LogP contribution is 2.17. The summed E-state index contributed by atoms with van der Waals surface area (Å²) in [6, 6.07) is 12.6. The molecule has 3 heteroatoms. The van der Waals surface area contributed by atoms with Gasteiger partial charge in [0.1, 0.15) is 5.82 Å². The fourth-order valence-electron chi connectivity index (χ4n) is 1.72. The van der Waals surface area contributed by atoms with E-state index in [1.807, 2.05) is 18.2 Å². The number of halogens is 1. The number of nitrogens with two attached hydrogens (primary N) is 1. The Kier molecular flexibility index (Phi) is 3.28. The van der Waals surface area contributed by atoms with Crippen molar-refractivity contribution in [1.82, 2.24) is 0 Å². The van der Waals surface area contributed by atoms with E-state index in [2.05, 4.69) is 18.3 Å². The van der Waals surface area contributed by atoms with Crippen LogP contribution in [-0.4, -0.2) is 0 Å². The zero-order valence-electron chi connectivity index (χ0n) is 9.70. The number of aryl methyl sites for hydroxylation is 1. The van der Waals surface area contributed by atoms with E-state index in [-0.39, 0.29) is 5.82 Å². The van der Waals surface area contributed by atoms with Gasteiger partial charge in [0.15, 0.2) is 0 Å². The minimum atomic E-state index is -0.322. The first kappa shape index (κ1) is 11.5. The molecule has 0 fully saturated rings. The molecule has 0 aromatic heterocycles. The van der Waals surface area contributed by atoms with Crippen LogP contribution in [0.15, 0.2) is 42.5 Å². The summed E-state index contributed by atoms with van der Waals surface area (Å²) in [7, 11) is 0. The maximum Gasteiger partial charge on any atom is 0.127 e. The Balaban J connectivity index is 2.10. The molecule has 0 aliphatic carbocycles. The molecule has 3 N–H and O–H groups in total. The van der Waals surface area contributed by atoms with Gasteiger partial charge in [-0.25, -0.2) is 4.39 Å². The second kappa shape index (κ2) is 4.87. The van der Waals surface area contributed by atoms with Gasteiger partial charge in [-0.15, -0.1) is 0 Å². The monoisotopic (exact) mass is 230 g/mol. The third kappa shape index (κ3) is 2.97. The Morgan fingerprint density at radius 2 is 1.94 bits per heavy atom. The van der Waals surface area contributed by atoms with E-state index >= 15 is 0 Å². The largest absolute Gasteiger partial charge is 0.399 e. The Morgan fingerprint density at radius 3 is 2.65 bits per heavy atom. The van der Waals surface area contributed by atoms with E-state index in [4.69, 9.17) is 5.73 Å². The molecule has 0 aliphatic heterocycles. The van der Waals surface area contributed by atoms with Crippen molar-refractivity contribution in [2.75, 3.05) is 11.1 Å². The van der Waals surface area contributed by atoms with Crippen LogP contribution in [0.1, 0.15) is 11.1 Å². The van der Waals surface area contributed by atoms with Gasteiger partial charge in [0, 0.05) is 17.9 Å². The van der Waals surface area contributed by atoms with Gasteiger partial charge < -0.3 is 11.1 Å². The fraction of sp³-hybridized carbons (Fsp3) is 0.143. The summed E-state index contributed by atoms with van der Waals surface area (Å²) in [5.41, 5.74) is 9.11. The second-order valence-corrected chi connectivity index (χ2v) is 4.05. The number of nitrogens with one attached hydrogen (secondary N) is 1. The minimum Gasteiger partial charge on any atom is -0.399 e. The number of hydrogen-bond donors (Lipinski definition) is 2. The molecule has 2 aromatic rings. The normalized spacial score (nSPS) is 10.2. The van der Waals surface area contributed by atoms with Crippen molar-refractivity contribution in [3.8, 4) is 0 Å². The second-order valence-electron chi connectivity index (χ2n) is 4.05. The number of rotatable bonds is 3. The topological polar surface area (TPSA) is 38.0 Å². The lowest BCUT2D eigenvalue weighted by molar-refractivity contribution is 0.629. The Hall–Kier alpha value is -2.03. The Labute approximate surface area is 100 Å². The predicted molar refractivity (Wildman–Crippen MR) is 69.3 cm³/mol. The minimum absolute atomic E-state index is 0.322. The van der Waals surface area contributed by atoms with Crippen LogP contribution in [0.25, 0.3) is 0 Å². The van der Waals surface area contributed by atoms with Crippen LogP contribution in [0.5, 0.6) is 0 Å². The number of benzene rings is 2. The number of nitrogen functional groups attached to an aromatic ring is 1. The molecule has 0 spiro atoms.